The molecule has 1 amide bonds. The van der Waals surface area contributed by atoms with Gasteiger partial charge in [0.05, 0.1) is 5.69 Å². The zero-order valence-electron chi connectivity index (χ0n) is 14.0. The number of aryl methyl sites for hydroxylation is 1. The molecule has 2 aromatic heterocycles. The van der Waals surface area contributed by atoms with Gasteiger partial charge < -0.3 is 10.3 Å². The Balaban J connectivity index is 1.73. The lowest BCUT2D eigenvalue weighted by Crippen LogP contribution is -2.24. The van der Waals surface area contributed by atoms with Crippen LogP contribution in [0.1, 0.15) is 21.7 Å². The van der Waals surface area contributed by atoms with Crippen molar-refractivity contribution < 1.29 is 13.6 Å². The lowest BCUT2D eigenvalue weighted by Gasteiger charge is -2.04. The Labute approximate surface area is 152 Å². The van der Waals surface area contributed by atoms with E-state index >= 15 is 0 Å². The second-order valence-corrected chi connectivity index (χ2v) is 6.23. The number of rotatable bonds is 5. The number of hydrogen-bond acceptors (Lipinski definition) is 5. The minimum atomic E-state index is -0.958. The van der Waals surface area contributed by atoms with Gasteiger partial charge in [0.2, 0.25) is 0 Å². The van der Waals surface area contributed by atoms with E-state index in [0.29, 0.717) is 22.1 Å². The van der Waals surface area contributed by atoms with Gasteiger partial charge in [0, 0.05) is 18.9 Å². The van der Waals surface area contributed by atoms with E-state index in [2.05, 4.69) is 25.3 Å². The first-order valence-electron chi connectivity index (χ1n) is 7.63. The maximum Gasteiger partial charge on any atom is 0.287 e. The highest BCUT2D eigenvalue weighted by Gasteiger charge is 2.14. The second kappa shape index (κ2) is 7.61. The first kappa shape index (κ1) is 18.0. The molecule has 0 fully saturated rings. The monoisotopic (exact) mass is 375 g/mol. The van der Waals surface area contributed by atoms with E-state index in [-0.39, 0.29) is 12.4 Å². The second-order valence-electron chi connectivity index (χ2n) is 5.45. The summed E-state index contributed by atoms with van der Waals surface area (Å²) < 4.78 is 26.1. The molecule has 6 nitrogen and oxygen atoms in total. The van der Waals surface area contributed by atoms with Crippen molar-refractivity contribution >= 4 is 17.7 Å². The van der Waals surface area contributed by atoms with Crippen molar-refractivity contribution in [2.24, 2.45) is 0 Å². The number of nitrogens with zero attached hydrogens (tertiary/aromatic N) is 3. The van der Waals surface area contributed by atoms with Crippen LogP contribution in [0.5, 0.6) is 0 Å². The van der Waals surface area contributed by atoms with Crippen LogP contribution < -0.4 is 5.32 Å². The third-order valence-corrected chi connectivity index (χ3v) is 4.17. The van der Waals surface area contributed by atoms with Gasteiger partial charge in [-0.05, 0) is 36.4 Å². The Kier molecular flexibility index (Phi) is 5.27. The van der Waals surface area contributed by atoms with Crippen molar-refractivity contribution in [1.29, 1.82) is 0 Å². The smallest absolute Gasteiger partial charge is 0.287 e. The van der Waals surface area contributed by atoms with E-state index in [9.17, 15) is 13.6 Å². The molecule has 0 atom stereocenters. The number of thioether (sulfide) groups is 1. The summed E-state index contributed by atoms with van der Waals surface area (Å²) in [7, 11) is 0. The lowest BCUT2D eigenvalue weighted by molar-refractivity contribution is 0.0941. The molecule has 0 unspecified atom stereocenters. The molecule has 0 aliphatic heterocycles. The van der Waals surface area contributed by atoms with Crippen molar-refractivity contribution in [3.8, 4) is 11.4 Å². The Morgan fingerprint density at radius 3 is 2.81 bits per heavy atom. The highest BCUT2D eigenvalue weighted by Crippen LogP contribution is 2.21. The van der Waals surface area contributed by atoms with Crippen LogP contribution in [-0.2, 0) is 6.54 Å². The number of imidazole rings is 1. The summed E-state index contributed by atoms with van der Waals surface area (Å²) in [6.07, 6.45) is 5.16. The fourth-order valence-corrected chi connectivity index (χ4v) is 2.60. The molecule has 0 aliphatic carbocycles. The van der Waals surface area contributed by atoms with Crippen molar-refractivity contribution in [3.05, 3.63) is 59.2 Å². The first-order valence-corrected chi connectivity index (χ1v) is 8.86. The van der Waals surface area contributed by atoms with Crippen LogP contribution in [-0.4, -0.2) is 32.1 Å². The fourth-order valence-electron chi connectivity index (χ4n) is 2.26. The first-order chi connectivity index (χ1) is 12.5. The molecule has 1 aromatic carbocycles. The summed E-state index contributed by atoms with van der Waals surface area (Å²) >= 11 is 1.41. The number of benzene rings is 1. The van der Waals surface area contributed by atoms with Gasteiger partial charge in [-0.1, -0.05) is 17.8 Å². The molecular weight excluding hydrogens is 360 g/mol. The van der Waals surface area contributed by atoms with Crippen LogP contribution >= 0.6 is 11.8 Å². The molecule has 0 radical (unpaired) electrons. The quantitative estimate of drug-likeness (QED) is 0.529. The van der Waals surface area contributed by atoms with Gasteiger partial charge in [-0.25, -0.2) is 23.7 Å². The summed E-state index contributed by atoms with van der Waals surface area (Å²) in [6.45, 7) is 1.91. The number of amides is 1. The van der Waals surface area contributed by atoms with E-state index in [1.165, 1.54) is 17.8 Å². The summed E-state index contributed by atoms with van der Waals surface area (Å²) in [5.74, 6) is -2.24. The number of halogens is 2. The van der Waals surface area contributed by atoms with Gasteiger partial charge in [-0.3, -0.25) is 4.79 Å². The minimum Gasteiger partial charge on any atom is -0.345 e. The van der Waals surface area contributed by atoms with E-state index in [0.717, 1.165) is 17.7 Å². The number of aromatic nitrogens is 4. The van der Waals surface area contributed by atoms with Crippen LogP contribution in [0.3, 0.4) is 0 Å². The predicted octanol–water partition coefficient (Wildman–Crippen LogP) is 3.11. The zero-order valence-corrected chi connectivity index (χ0v) is 14.8. The maximum atomic E-state index is 13.2. The summed E-state index contributed by atoms with van der Waals surface area (Å²) in [5, 5.41) is 3.21. The van der Waals surface area contributed by atoms with Gasteiger partial charge in [-0.2, -0.15) is 0 Å². The summed E-state index contributed by atoms with van der Waals surface area (Å²) in [4.78, 5) is 27.9. The highest BCUT2D eigenvalue weighted by molar-refractivity contribution is 7.98. The van der Waals surface area contributed by atoms with Crippen molar-refractivity contribution in [2.75, 3.05) is 6.26 Å². The fraction of sp³-hybridized carbons (Fsp3) is 0.176. The number of aromatic amines is 1. The van der Waals surface area contributed by atoms with E-state index in [1.807, 2.05) is 13.2 Å². The van der Waals surface area contributed by atoms with E-state index < -0.39 is 17.5 Å². The van der Waals surface area contributed by atoms with Crippen molar-refractivity contribution in [1.82, 2.24) is 25.3 Å². The number of carbonyl (C=O) groups excluding carboxylic acids is 1. The molecule has 0 saturated heterocycles. The van der Waals surface area contributed by atoms with E-state index in [1.54, 1.807) is 12.4 Å². The van der Waals surface area contributed by atoms with Gasteiger partial charge >= 0.3 is 0 Å². The molecule has 26 heavy (non-hydrogen) atoms. The zero-order chi connectivity index (χ0) is 18.7. The molecule has 3 aromatic rings. The van der Waals surface area contributed by atoms with E-state index in [4.69, 9.17) is 0 Å². The number of nitrogens with one attached hydrogen (secondary N) is 2. The standard InChI is InChI=1S/C17H15F2N5OS/c1-9-6-22-17(26-2)24-14(9)13-8-20-15(23-13)16(25)21-7-10-3-4-11(18)12(19)5-10/h3-6,8H,7H2,1-2H3,(H,20,23)(H,21,25). The molecule has 0 aliphatic rings. The third kappa shape index (κ3) is 3.88. The normalized spacial score (nSPS) is 10.8. The predicted molar refractivity (Wildman–Crippen MR) is 93.7 cm³/mol. The summed E-state index contributed by atoms with van der Waals surface area (Å²) in [6, 6.07) is 3.46. The molecule has 9 heteroatoms. The Morgan fingerprint density at radius 1 is 1.27 bits per heavy atom. The average Bonchev–Trinajstić information content (AvgIpc) is 3.13. The largest absolute Gasteiger partial charge is 0.345 e. The Hall–Kier alpha value is -2.81. The molecule has 0 bridgehead atoms. The molecule has 3 rings (SSSR count). The third-order valence-electron chi connectivity index (χ3n) is 3.60. The lowest BCUT2D eigenvalue weighted by atomic mass is 10.2. The molecule has 134 valence electrons. The number of H-pyrrole nitrogens is 1. The van der Waals surface area contributed by atoms with Gasteiger partial charge in [0.25, 0.3) is 5.91 Å². The van der Waals surface area contributed by atoms with Gasteiger partial charge in [0.1, 0.15) is 5.69 Å². The molecule has 2 heterocycles. The average molecular weight is 375 g/mol. The molecule has 2 N–H and O–H groups in total. The Bertz CT molecular complexity index is 960. The molecular formula is C17H15F2N5OS. The maximum absolute atomic E-state index is 13.2. The van der Waals surface area contributed by atoms with Crippen LogP contribution in [0.25, 0.3) is 11.4 Å². The topological polar surface area (TPSA) is 83.6 Å². The molecule has 0 saturated carbocycles. The Morgan fingerprint density at radius 2 is 2.08 bits per heavy atom. The number of hydrogen-bond donors (Lipinski definition) is 2. The van der Waals surface area contributed by atoms with Gasteiger partial charge in [0.15, 0.2) is 22.6 Å². The van der Waals surface area contributed by atoms with Crippen LogP contribution in [0, 0.1) is 18.6 Å². The minimum absolute atomic E-state index is 0.0508. The van der Waals surface area contributed by atoms with Crippen LogP contribution in [0.15, 0.2) is 35.7 Å². The number of carbonyl (C=O) groups is 1. The SMILES string of the molecule is CSc1ncc(C)c(-c2c[nH]c(C(=O)NCc3ccc(F)c(F)c3)n2)n1. The van der Waals surface area contributed by atoms with Crippen molar-refractivity contribution in [2.45, 2.75) is 18.6 Å². The van der Waals surface area contributed by atoms with Crippen molar-refractivity contribution in [3.63, 3.8) is 0 Å². The van der Waals surface area contributed by atoms with Crippen LogP contribution in [0.2, 0.25) is 0 Å². The molecule has 0 spiro atoms. The highest BCUT2D eigenvalue weighted by atomic mass is 32.2. The van der Waals surface area contributed by atoms with Crippen LogP contribution in [0.4, 0.5) is 8.78 Å². The van der Waals surface area contributed by atoms with Gasteiger partial charge in [-0.15, -0.1) is 0 Å². The summed E-state index contributed by atoms with van der Waals surface area (Å²) in [5.41, 5.74) is 2.45.